The maximum Gasteiger partial charge on any atom is 0.469 e. The van der Waals surface area contributed by atoms with Crippen LogP contribution in [-0.4, -0.2) is 35.1 Å². The molecule has 0 rings (SSSR count). The lowest BCUT2D eigenvalue weighted by Gasteiger charge is -2.18. The number of esters is 1. The van der Waals surface area contributed by atoms with E-state index in [4.69, 9.17) is 19.3 Å². The fourth-order valence-electron chi connectivity index (χ4n) is 6.82. The zero-order valence-electron chi connectivity index (χ0n) is 34.5. The normalized spacial score (nSPS) is 12.5. The van der Waals surface area contributed by atoms with Gasteiger partial charge < -0.3 is 19.3 Å². The Morgan fingerprint density at radius 2 is 0.827 bits per heavy atom. The lowest BCUT2D eigenvalue weighted by Crippen LogP contribution is -2.27. The van der Waals surface area contributed by atoms with Crippen LogP contribution in [-0.2, 0) is 23.4 Å². The van der Waals surface area contributed by atoms with E-state index in [-0.39, 0.29) is 12.6 Å². The summed E-state index contributed by atoms with van der Waals surface area (Å²) in [6, 6.07) is 0. The average molecular weight is 759 g/mol. The molecule has 0 aromatic heterocycles. The zero-order chi connectivity index (χ0) is 38.1. The zero-order valence-corrected chi connectivity index (χ0v) is 35.4. The molecule has 0 unspecified atom stereocenters. The first-order chi connectivity index (χ1) is 25.4. The van der Waals surface area contributed by atoms with Crippen molar-refractivity contribution in [2.24, 2.45) is 0 Å². The molecule has 0 spiro atoms. The topological polar surface area (TPSA) is 102 Å². The van der Waals surface area contributed by atoms with Crippen molar-refractivity contribution in [1.29, 1.82) is 0 Å². The Balaban J connectivity index is 3.76. The summed E-state index contributed by atoms with van der Waals surface area (Å²) in [6.07, 6.45) is 48.8. The van der Waals surface area contributed by atoms with Gasteiger partial charge in [0.1, 0.15) is 6.61 Å². The summed E-state index contributed by atoms with van der Waals surface area (Å²) in [5.41, 5.74) is 0. The second kappa shape index (κ2) is 41.3. The van der Waals surface area contributed by atoms with Gasteiger partial charge in [0, 0.05) is 6.42 Å². The van der Waals surface area contributed by atoms with E-state index in [1.807, 2.05) is 6.08 Å². The molecule has 2 N–H and O–H groups in total. The third kappa shape index (κ3) is 43.5. The Morgan fingerprint density at radius 1 is 0.500 bits per heavy atom. The van der Waals surface area contributed by atoms with Crippen LogP contribution in [0.1, 0.15) is 245 Å². The molecule has 0 bridgehead atoms. The molecule has 0 amide bonds. The largest absolute Gasteiger partial charge is 0.498 e. The lowest BCUT2D eigenvalue weighted by molar-refractivity contribution is -0.153. The number of unbranched alkanes of at least 4 members (excludes halogenated alkanes) is 33. The molecule has 0 heterocycles. The lowest BCUT2D eigenvalue weighted by atomic mass is 10.0. The Hall–Kier alpha value is -0.880. The van der Waals surface area contributed by atoms with E-state index in [9.17, 15) is 9.36 Å². The van der Waals surface area contributed by atoms with E-state index in [0.29, 0.717) is 6.42 Å². The maximum absolute atomic E-state index is 12.4. The molecule has 0 radical (unpaired) electrons. The number of allylic oxidation sites excluding steroid dienone is 1. The number of phosphoric acid groups is 1. The average Bonchev–Trinajstić information content (AvgIpc) is 3.12. The molecule has 0 saturated carbocycles. The van der Waals surface area contributed by atoms with Crippen LogP contribution >= 0.6 is 7.82 Å². The summed E-state index contributed by atoms with van der Waals surface area (Å²) < 4.78 is 26.8. The van der Waals surface area contributed by atoms with Gasteiger partial charge in [0.05, 0.1) is 12.9 Å². The Morgan fingerprint density at radius 3 is 1.17 bits per heavy atom. The molecule has 1 atom stereocenters. The van der Waals surface area contributed by atoms with Crippen LogP contribution in [0.4, 0.5) is 0 Å². The van der Waals surface area contributed by atoms with Gasteiger partial charge in [0.15, 0.2) is 6.10 Å². The highest BCUT2D eigenvalue weighted by molar-refractivity contribution is 7.46. The van der Waals surface area contributed by atoms with Crippen LogP contribution in [0.3, 0.4) is 0 Å². The second-order valence-corrected chi connectivity index (χ2v) is 16.7. The van der Waals surface area contributed by atoms with E-state index >= 15 is 0 Å². The smallest absolute Gasteiger partial charge is 0.469 e. The SMILES string of the molecule is CCCCCCCCCCCCCCCCCC/C=C\OC[C@H](COP(=O)(O)O)OC(=O)CCCCCCCCCCCCCCCCCCCC. The van der Waals surface area contributed by atoms with Crippen molar-refractivity contribution in [1.82, 2.24) is 0 Å². The fraction of sp³-hybridized carbons (Fsp3) is 0.932. The van der Waals surface area contributed by atoms with Gasteiger partial charge in [0.2, 0.25) is 0 Å². The molecule has 52 heavy (non-hydrogen) atoms. The van der Waals surface area contributed by atoms with Crippen LogP contribution in [0.15, 0.2) is 12.3 Å². The van der Waals surface area contributed by atoms with Crippen LogP contribution in [0.2, 0.25) is 0 Å². The van der Waals surface area contributed by atoms with Gasteiger partial charge >= 0.3 is 13.8 Å². The molecule has 0 aliphatic rings. The first kappa shape index (κ1) is 51.1. The van der Waals surface area contributed by atoms with Gasteiger partial charge in [0.25, 0.3) is 0 Å². The van der Waals surface area contributed by atoms with E-state index in [0.717, 1.165) is 32.1 Å². The van der Waals surface area contributed by atoms with Gasteiger partial charge in [-0.05, 0) is 25.3 Å². The van der Waals surface area contributed by atoms with Crippen molar-refractivity contribution in [2.45, 2.75) is 251 Å². The van der Waals surface area contributed by atoms with Crippen molar-refractivity contribution >= 4 is 13.8 Å². The van der Waals surface area contributed by atoms with Crippen molar-refractivity contribution in [3.8, 4) is 0 Å². The monoisotopic (exact) mass is 759 g/mol. The van der Waals surface area contributed by atoms with Gasteiger partial charge in [-0.15, -0.1) is 0 Å². The van der Waals surface area contributed by atoms with Crippen molar-refractivity contribution in [2.75, 3.05) is 13.2 Å². The number of rotatable bonds is 43. The maximum atomic E-state index is 12.4. The summed E-state index contributed by atoms with van der Waals surface area (Å²) in [5.74, 6) is -0.378. The number of carbonyl (C=O) groups excluding carboxylic acids is 1. The minimum absolute atomic E-state index is 0.000321. The minimum Gasteiger partial charge on any atom is -0.498 e. The third-order valence-electron chi connectivity index (χ3n) is 10.2. The minimum atomic E-state index is -4.67. The predicted octanol–water partition coefficient (Wildman–Crippen LogP) is 14.6. The van der Waals surface area contributed by atoms with Gasteiger partial charge in [-0.1, -0.05) is 219 Å². The Kier molecular flexibility index (Phi) is 40.6. The molecule has 8 heteroatoms. The van der Waals surface area contributed by atoms with E-state index in [1.54, 1.807) is 6.26 Å². The summed E-state index contributed by atoms with van der Waals surface area (Å²) in [5, 5.41) is 0. The van der Waals surface area contributed by atoms with Crippen LogP contribution in [0.5, 0.6) is 0 Å². The van der Waals surface area contributed by atoms with E-state index in [1.165, 1.54) is 193 Å². The molecule has 7 nitrogen and oxygen atoms in total. The van der Waals surface area contributed by atoms with Gasteiger partial charge in [-0.2, -0.15) is 0 Å². The molecule has 0 aromatic rings. The quantitative estimate of drug-likeness (QED) is 0.0276. The first-order valence-corrected chi connectivity index (χ1v) is 24.1. The van der Waals surface area contributed by atoms with E-state index in [2.05, 4.69) is 18.4 Å². The van der Waals surface area contributed by atoms with Gasteiger partial charge in [-0.3, -0.25) is 9.32 Å². The van der Waals surface area contributed by atoms with Crippen LogP contribution in [0.25, 0.3) is 0 Å². The number of hydrogen-bond donors (Lipinski definition) is 2. The summed E-state index contributed by atoms with van der Waals surface area (Å²) in [7, 11) is -4.67. The van der Waals surface area contributed by atoms with Gasteiger partial charge in [-0.25, -0.2) is 4.57 Å². The molecule has 0 aromatic carbocycles. The van der Waals surface area contributed by atoms with Crippen molar-refractivity contribution < 1.29 is 33.1 Å². The molecular weight excluding hydrogens is 671 g/mol. The highest BCUT2D eigenvalue weighted by Crippen LogP contribution is 2.36. The molecule has 310 valence electrons. The molecule has 0 fully saturated rings. The number of hydrogen-bond acceptors (Lipinski definition) is 5. The Bertz CT molecular complexity index is 799. The summed E-state index contributed by atoms with van der Waals surface area (Å²) in [4.78, 5) is 30.6. The standard InChI is InChI=1S/C44H87O7P/c1-3-5-7-9-11-13-15-17-19-21-23-25-27-29-31-33-35-37-39-44(45)51-43(42-50-52(46,47)48)41-49-40-38-36-34-32-30-28-26-24-22-20-18-16-14-12-10-8-6-4-2/h38,40,43H,3-37,39,41-42H2,1-2H3,(H2,46,47,48)/b40-38-/t43-/m1/s1. The highest BCUT2D eigenvalue weighted by atomic mass is 31.2. The van der Waals surface area contributed by atoms with Crippen molar-refractivity contribution in [3.63, 3.8) is 0 Å². The molecule has 0 aliphatic carbocycles. The highest BCUT2D eigenvalue weighted by Gasteiger charge is 2.21. The second-order valence-electron chi connectivity index (χ2n) is 15.5. The summed E-state index contributed by atoms with van der Waals surface area (Å²) in [6.45, 7) is 4.15. The van der Waals surface area contributed by atoms with E-state index < -0.39 is 20.5 Å². The van der Waals surface area contributed by atoms with Crippen molar-refractivity contribution in [3.05, 3.63) is 12.3 Å². The van der Waals surface area contributed by atoms with Crippen LogP contribution in [0, 0.1) is 0 Å². The molecule has 0 saturated heterocycles. The number of carbonyl (C=O) groups is 1. The number of ether oxygens (including phenoxy) is 2. The van der Waals surface area contributed by atoms with Crippen LogP contribution < -0.4 is 0 Å². The first-order valence-electron chi connectivity index (χ1n) is 22.5. The summed E-state index contributed by atoms with van der Waals surface area (Å²) >= 11 is 0. The molecular formula is C44H87O7P. The number of phosphoric ester groups is 1. The Labute approximate surface area is 322 Å². The predicted molar refractivity (Wildman–Crippen MR) is 221 cm³/mol. The third-order valence-corrected chi connectivity index (χ3v) is 10.6. The molecule has 0 aliphatic heterocycles. The fourth-order valence-corrected chi connectivity index (χ4v) is 7.18.